The summed E-state index contributed by atoms with van der Waals surface area (Å²) in [7, 11) is 0. The monoisotopic (exact) mass is 279 g/mol. The summed E-state index contributed by atoms with van der Waals surface area (Å²) in [6.45, 7) is 7.69. The van der Waals surface area contributed by atoms with Gasteiger partial charge in [-0.15, -0.1) is 0 Å². The number of aliphatic hydroxyl groups is 1. The first-order valence-electron chi connectivity index (χ1n) is 6.97. The molecule has 0 saturated carbocycles. The van der Waals surface area contributed by atoms with Crippen LogP contribution < -0.4 is 5.32 Å². The van der Waals surface area contributed by atoms with Crippen LogP contribution in [0.3, 0.4) is 0 Å². The second-order valence-corrected chi connectivity index (χ2v) is 5.94. The lowest BCUT2D eigenvalue weighted by Crippen LogP contribution is -2.40. The van der Waals surface area contributed by atoms with Crippen molar-refractivity contribution in [3.63, 3.8) is 0 Å². The Balaban J connectivity index is 2.85. The van der Waals surface area contributed by atoms with Gasteiger partial charge in [-0.25, -0.2) is 0 Å². The van der Waals surface area contributed by atoms with Gasteiger partial charge in [-0.1, -0.05) is 30.3 Å². The molecular weight excluding hydrogens is 254 g/mol. The van der Waals surface area contributed by atoms with Crippen LogP contribution in [0.25, 0.3) is 0 Å². The van der Waals surface area contributed by atoms with Crippen LogP contribution >= 0.6 is 0 Å². The number of nitrogens with one attached hydrogen (secondary N) is 1. The fraction of sp³-hybridized carbons (Fsp3) is 0.562. The normalized spacial score (nSPS) is 14.7. The highest BCUT2D eigenvalue weighted by Gasteiger charge is 2.27. The fourth-order valence-corrected chi connectivity index (χ4v) is 1.84. The molecule has 0 spiro atoms. The maximum atomic E-state index is 12.4. The summed E-state index contributed by atoms with van der Waals surface area (Å²) < 4.78 is 5.89. The number of rotatable bonds is 6. The molecule has 2 atom stereocenters. The molecule has 0 aliphatic rings. The molecule has 0 aliphatic heterocycles. The smallest absolute Gasteiger partial charge is 0.254 e. The summed E-state index contributed by atoms with van der Waals surface area (Å²) in [5, 5.41) is 11.8. The Morgan fingerprint density at radius 3 is 2.40 bits per heavy atom. The van der Waals surface area contributed by atoms with Gasteiger partial charge in [0.15, 0.2) is 6.10 Å². The SMILES string of the molecule is CC(CCO)NC(=O)C(OC(C)(C)C)c1ccccc1. The van der Waals surface area contributed by atoms with Crippen molar-refractivity contribution in [3.8, 4) is 0 Å². The molecule has 4 heteroatoms. The molecule has 0 aromatic heterocycles. The highest BCUT2D eigenvalue weighted by molar-refractivity contribution is 5.82. The number of carbonyl (C=O) groups excluding carboxylic acids is 1. The number of carbonyl (C=O) groups is 1. The quantitative estimate of drug-likeness (QED) is 0.841. The Kier molecular flexibility index (Phi) is 6.17. The van der Waals surface area contributed by atoms with Crippen LogP contribution in [0.1, 0.15) is 45.8 Å². The van der Waals surface area contributed by atoms with E-state index < -0.39 is 11.7 Å². The van der Waals surface area contributed by atoms with E-state index in [2.05, 4.69) is 5.32 Å². The van der Waals surface area contributed by atoms with Gasteiger partial charge in [0.25, 0.3) is 5.91 Å². The Labute approximate surface area is 121 Å². The van der Waals surface area contributed by atoms with E-state index in [0.29, 0.717) is 6.42 Å². The highest BCUT2D eigenvalue weighted by Crippen LogP contribution is 2.24. The first kappa shape index (κ1) is 16.7. The van der Waals surface area contributed by atoms with Crippen molar-refractivity contribution < 1.29 is 14.6 Å². The van der Waals surface area contributed by atoms with Crippen molar-refractivity contribution in [2.75, 3.05) is 6.61 Å². The molecular formula is C16H25NO3. The first-order valence-corrected chi connectivity index (χ1v) is 6.97. The third-order valence-corrected chi connectivity index (χ3v) is 2.76. The number of benzene rings is 1. The topological polar surface area (TPSA) is 58.6 Å². The number of hydrogen-bond acceptors (Lipinski definition) is 3. The average Bonchev–Trinajstić information content (AvgIpc) is 2.36. The Morgan fingerprint density at radius 2 is 1.90 bits per heavy atom. The van der Waals surface area contributed by atoms with E-state index in [1.54, 1.807) is 0 Å². The van der Waals surface area contributed by atoms with Gasteiger partial charge < -0.3 is 15.2 Å². The summed E-state index contributed by atoms with van der Waals surface area (Å²) in [5.74, 6) is -0.174. The zero-order valence-corrected chi connectivity index (χ0v) is 12.7. The summed E-state index contributed by atoms with van der Waals surface area (Å²) >= 11 is 0. The zero-order valence-electron chi connectivity index (χ0n) is 12.7. The van der Waals surface area contributed by atoms with E-state index in [0.717, 1.165) is 5.56 Å². The summed E-state index contributed by atoms with van der Waals surface area (Å²) in [5.41, 5.74) is 0.411. The standard InChI is InChI=1S/C16H25NO3/c1-12(10-11-18)17-15(19)14(20-16(2,3)4)13-8-6-5-7-9-13/h5-9,12,14,18H,10-11H2,1-4H3,(H,17,19). The third-order valence-electron chi connectivity index (χ3n) is 2.76. The summed E-state index contributed by atoms with van der Waals surface area (Å²) in [4.78, 5) is 12.4. The van der Waals surface area contributed by atoms with Gasteiger partial charge in [0, 0.05) is 12.6 Å². The van der Waals surface area contributed by atoms with E-state index in [9.17, 15) is 4.79 Å². The van der Waals surface area contributed by atoms with Crippen molar-refractivity contribution >= 4 is 5.91 Å². The lowest BCUT2D eigenvalue weighted by atomic mass is 10.1. The van der Waals surface area contributed by atoms with Crippen molar-refractivity contribution in [2.24, 2.45) is 0 Å². The predicted molar refractivity (Wildman–Crippen MR) is 79.3 cm³/mol. The lowest BCUT2D eigenvalue weighted by molar-refractivity contribution is -0.144. The fourth-order valence-electron chi connectivity index (χ4n) is 1.84. The minimum atomic E-state index is -0.641. The largest absolute Gasteiger partial charge is 0.396 e. The molecule has 0 heterocycles. The molecule has 0 aliphatic carbocycles. The first-order chi connectivity index (χ1) is 9.33. The summed E-state index contributed by atoms with van der Waals surface area (Å²) in [6, 6.07) is 9.36. The molecule has 20 heavy (non-hydrogen) atoms. The molecule has 1 aromatic carbocycles. The molecule has 0 bridgehead atoms. The van der Waals surface area contributed by atoms with Crippen molar-refractivity contribution in [1.29, 1.82) is 0 Å². The molecule has 0 fully saturated rings. The molecule has 112 valence electrons. The van der Waals surface area contributed by atoms with Crippen molar-refractivity contribution in [3.05, 3.63) is 35.9 Å². The Bertz CT molecular complexity index is 411. The van der Waals surface area contributed by atoms with Gasteiger partial charge in [-0.3, -0.25) is 4.79 Å². The maximum Gasteiger partial charge on any atom is 0.254 e. The molecule has 1 amide bonds. The zero-order chi connectivity index (χ0) is 15.2. The Hall–Kier alpha value is -1.39. The van der Waals surface area contributed by atoms with Crippen molar-refractivity contribution in [1.82, 2.24) is 5.32 Å². The highest BCUT2D eigenvalue weighted by atomic mass is 16.5. The number of ether oxygens (including phenoxy) is 1. The average molecular weight is 279 g/mol. The van der Waals surface area contributed by atoms with Crippen LogP contribution in [0, 0.1) is 0 Å². The van der Waals surface area contributed by atoms with Gasteiger partial charge in [0.1, 0.15) is 0 Å². The van der Waals surface area contributed by atoms with E-state index in [4.69, 9.17) is 9.84 Å². The molecule has 0 saturated heterocycles. The molecule has 2 unspecified atom stereocenters. The third kappa shape index (κ3) is 5.72. The van der Waals surface area contributed by atoms with E-state index in [1.165, 1.54) is 0 Å². The van der Waals surface area contributed by atoms with E-state index in [-0.39, 0.29) is 18.6 Å². The molecule has 1 aromatic rings. The predicted octanol–water partition coefficient (Wildman–Crippen LogP) is 2.43. The van der Waals surface area contributed by atoms with Crippen LogP contribution in [0.2, 0.25) is 0 Å². The van der Waals surface area contributed by atoms with Gasteiger partial charge >= 0.3 is 0 Å². The minimum absolute atomic E-state index is 0.0532. The maximum absolute atomic E-state index is 12.4. The van der Waals surface area contributed by atoms with Crippen LogP contribution in [-0.2, 0) is 9.53 Å². The van der Waals surface area contributed by atoms with Gasteiger partial charge in [-0.05, 0) is 39.7 Å². The minimum Gasteiger partial charge on any atom is -0.396 e. The second kappa shape index (κ2) is 7.41. The van der Waals surface area contributed by atoms with E-state index >= 15 is 0 Å². The van der Waals surface area contributed by atoms with Crippen LogP contribution in [0.4, 0.5) is 0 Å². The molecule has 0 radical (unpaired) electrons. The molecule has 4 nitrogen and oxygen atoms in total. The molecule has 1 rings (SSSR count). The second-order valence-electron chi connectivity index (χ2n) is 5.94. The van der Waals surface area contributed by atoms with Crippen molar-refractivity contribution in [2.45, 2.75) is 51.9 Å². The number of hydrogen-bond donors (Lipinski definition) is 2. The summed E-state index contributed by atoms with van der Waals surface area (Å²) in [6.07, 6.45) is -0.111. The molecule has 2 N–H and O–H groups in total. The van der Waals surface area contributed by atoms with Gasteiger partial charge in [0.05, 0.1) is 5.60 Å². The van der Waals surface area contributed by atoms with Crippen LogP contribution in [0.5, 0.6) is 0 Å². The Morgan fingerprint density at radius 1 is 1.30 bits per heavy atom. The van der Waals surface area contributed by atoms with Crippen LogP contribution in [0.15, 0.2) is 30.3 Å². The lowest BCUT2D eigenvalue weighted by Gasteiger charge is -2.28. The number of aliphatic hydroxyl groups excluding tert-OH is 1. The van der Waals surface area contributed by atoms with E-state index in [1.807, 2.05) is 58.0 Å². The number of amides is 1. The van der Waals surface area contributed by atoms with Gasteiger partial charge in [-0.2, -0.15) is 0 Å². The van der Waals surface area contributed by atoms with Crippen LogP contribution in [-0.4, -0.2) is 29.3 Å². The van der Waals surface area contributed by atoms with Gasteiger partial charge in [0.2, 0.25) is 0 Å².